The lowest BCUT2D eigenvalue weighted by atomic mass is 9.97. The molecule has 1 N–H and O–H groups in total. The van der Waals surface area contributed by atoms with E-state index in [1.165, 1.54) is 17.3 Å². The van der Waals surface area contributed by atoms with Crippen LogP contribution in [0.3, 0.4) is 0 Å². The highest BCUT2D eigenvalue weighted by molar-refractivity contribution is 7.89. The number of nitrogens with one attached hydrogen (secondary N) is 1. The minimum atomic E-state index is -3.76. The summed E-state index contributed by atoms with van der Waals surface area (Å²) in [7, 11) is -3.76. The summed E-state index contributed by atoms with van der Waals surface area (Å²) in [6.07, 6.45) is 1.16. The number of sulfonamides is 1. The van der Waals surface area contributed by atoms with Crippen molar-refractivity contribution in [2.75, 3.05) is 23.3 Å². The van der Waals surface area contributed by atoms with E-state index in [4.69, 9.17) is 0 Å². The van der Waals surface area contributed by atoms with Crippen LogP contribution in [0.15, 0.2) is 41.3 Å². The third-order valence-corrected chi connectivity index (χ3v) is 8.15. The van der Waals surface area contributed by atoms with Gasteiger partial charge >= 0.3 is 0 Å². The second kappa shape index (κ2) is 8.83. The van der Waals surface area contributed by atoms with Crippen LogP contribution in [0.1, 0.15) is 32.3 Å². The molecule has 1 atom stereocenters. The van der Waals surface area contributed by atoms with Gasteiger partial charge in [-0.3, -0.25) is 9.59 Å². The van der Waals surface area contributed by atoms with Crippen LogP contribution < -0.4 is 10.2 Å². The van der Waals surface area contributed by atoms with Gasteiger partial charge in [0.25, 0.3) is 0 Å². The lowest BCUT2D eigenvalue weighted by molar-refractivity contribution is -0.121. The Kier molecular flexibility index (Phi) is 6.24. The molecule has 0 aromatic heterocycles. The SMILES string of the molecule is CC(=O)N1c2ccc(S(=O)(=O)N3CCC(C(=O)Nc4ccc(F)cc4F)CC3)cc2C[C@@H]1C. The number of hydrogen-bond donors (Lipinski definition) is 1. The first kappa shape index (κ1) is 23.3. The average molecular weight is 478 g/mol. The molecule has 2 aromatic rings. The van der Waals surface area contributed by atoms with Crippen molar-refractivity contribution in [1.29, 1.82) is 0 Å². The van der Waals surface area contributed by atoms with Gasteiger partial charge in [0.05, 0.1) is 10.6 Å². The van der Waals surface area contributed by atoms with Crippen molar-refractivity contribution in [2.24, 2.45) is 5.92 Å². The molecule has 10 heteroatoms. The summed E-state index contributed by atoms with van der Waals surface area (Å²) >= 11 is 0. The van der Waals surface area contributed by atoms with Crippen LogP contribution in [-0.2, 0) is 26.0 Å². The number of nitrogens with zero attached hydrogens (tertiary/aromatic N) is 2. The van der Waals surface area contributed by atoms with E-state index < -0.39 is 33.5 Å². The molecule has 0 radical (unpaired) electrons. The third kappa shape index (κ3) is 4.49. The Hall–Kier alpha value is -2.85. The number of anilines is 2. The number of benzene rings is 2. The maximum atomic E-state index is 13.8. The number of carbonyl (C=O) groups is 2. The predicted octanol–water partition coefficient (Wildman–Crippen LogP) is 3.30. The van der Waals surface area contributed by atoms with Crippen molar-refractivity contribution in [1.82, 2.24) is 4.31 Å². The molecule has 2 heterocycles. The highest BCUT2D eigenvalue weighted by Crippen LogP contribution is 2.35. The van der Waals surface area contributed by atoms with Gasteiger partial charge in [-0.15, -0.1) is 0 Å². The van der Waals surface area contributed by atoms with Gasteiger partial charge in [-0.25, -0.2) is 17.2 Å². The second-order valence-corrected chi connectivity index (χ2v) is 10.5. The number of rotatable bonds is 4. The molecule has 2 amide bonds. The van der Waals surface area contributed by atoms with E-state index in [2.05, 4.69) is 5.32 Å². The number of hydrogen-bond acceptors (Lipinski definition) is 4. The number of fused-ring (bicyclic) bond motifs is 1. The smallest absolute Gasteiger partial charge is 0.243 e. The number of amides is 2. The van der Waals surface area contributed by atoms with Crippen LogP contribution in [0.25, 0.3) is 0 Å². The second-order valence-electron chi connectivity index (χ2n) is 8.52. The molecule has 7 nitrogen and oxygen atoms in total. The lowest BCUT2D eigenvalue weighted by Crippen LogP contribution is -2.41. The number of piperidine rings is 1. The summed E-state index contributed by atoms with van der Waals surface area (Å²) in [6.45, 7) is 3.71. The normalized spacial score (nSPS) is 19.4. The van der Waals surface area contributed by atoms with Gasteiger partial charge in [-0.05, 0) is 62.1 Å². The summed E-state index contributed by atoms with van der Waals surface area (Å²) in [5.41, 5.74) is 1.44. The molecule has 2 aromatic carbocycles. The summed E-state index contributed by atoms with van der Waals surface area (Å²) in [6, 6.07) is 7.68. The third-order valence-electron chi connectivity index (χ3n) is 6.26. The Morgan fingerprint density at radius 2 is 1.76 bits per heavy atom. The van der Waals surface area contributed by atoms with Crippen molar-refractivity contribution in [3.05, 3.63) is 53.6 Å². The zero-order chi connectivity index (χ0) is 23.9. The largest absolute Gasteiger partial charge is 0.323 e. The lowest BCUT2D eigenvalue weighted by Gasteiger charge is -2.30. The van der Waals surface area contributed by atoms with Crippen LogP contribution >= 0.6 is 0 Å². The number of carbonyl (C=O) groups excluding carboxylic acids is 2. The van der Waals surface area contributed by atoms with Crippen molar-refractivity contribution in [2.45, 2.75) is 44.0 Å². The molecule has 1 fully saturated rings. The first-order chi connectivity index (χ1) is 15.6. The van der Waals surface area contributed by atoms with Gasteiger partial charge in [0.15, 0.2) is 0 Å². The van der Waals surface area contributed by atoms with Crippen LogP contribution in [0.5, 0.6) is 0 Å². The molecular formula is C23H25F2N3O4S. The Balaban J connectivity index is 1.43. The van der Waals surface area contributed by atoms with Crippen LogP contribution in [0, 0.1) is 17.6 Å². The summed E-state index contributed by atoms with van der Waals surface area (Å²) in [4.78, 5) is 26.2. The van der Waals surface area contributed by atoms with Gasteiger partial charge in [-0.1, -0.05) is 0 Å². The molecule has 0 saturated carbocycles. The van der Waals surface area contributed by atoms with Gasteiger partial charge < -0.3 is 10.2 Å². The minimum Gasteiger partial charge on any atom is -0.323 e. The zero-order valence-electron chi connectivity index (χ0n) is 18.3. The zero-order valence-corrected chi connectivity index (χ0v) is 19.2. The Morgan fingerprint density at radius 1 is 1.06 bits per heavy atom. The van der Waals surface area contributed by atoms with E-state index in [1.54, 1.807) is 17.0 Å². The number of halogens is 2. The highest BCUT2D eigenvalue weighted by atomic mass is 32.2. The fourth-order valence-corrected chi connectivity index (χ4v) is 6.10. The Morgan fingerprint density at radius 3 is 2.39 bits per heavy atom. The van der Waals surface area contributed by atoms with E-state index in [9.17, 15) is 26.8 Å². The van der Waals surface area contributed by atoms with Crippen LogP contribution in [0.4, 0.5) is 20.2 Å². The van der Waals surface area contributed by atoms with E-state index in [-0.39, 0.29) is 48.5 Å². The van der Waals surface area contributed by atoms with E-state index in [0.717, 1.165) is 23.4 Å². The molecule has 176 valence electrons. The van der Waals surface area contributed by atoms with Gasteiger partial charge in [0, 0.05) is 43.7 Å². The van der Waals surface area contributed by atoms with Crippen molar-refractivity contribution in [3.8, 4) is 0 Å². The molecule has 0 spiro atoms. The van der Waals surface area contributed by atoms with Crippen LogP contribution in [-0.4, -0.2) is 43.7 Å². The maximum Gasteiger partial charge on any atom is 0.243 e. The maximum absolute atomic E-state index is 13.8. The molecule has 2 aliphatic heterocycles. The first-order valence-electron chi connectivity index (χ1n) is 10.8. The molecule has 0 aliphatic carbocycles. The fourth-order valence-electron chi connectivity index (χ4n) is 4.58. The first-order valence-corrected chi connectivity index (χ1v) is 12.2. The van der Waals surface area contributed by atoms with E-state index in [1.807, 2.05) is 6.92 Å². The van der Waals surface area contributed by atoms with Crippen molar-refractivity contribution < 1.29 is 26.8 Å². The minimum absolute atomic E-state index is 0.0318. The van der Waals surface area contributed by atoms with Gasteiger partial charge in [-0.2, -0.15) is 4.31 Å². The van der Waals surface area contributed by atoms with Gasteiger partial charge in [0.2, 0.25) is 21.8 Å². The molecule has 4 rings (SSSR count). The average Bonchev–Trinajstić information content (AvgIpc) is 3.10. The quantitative estimate of drug-likeness (QED) is 0.732. The molecule has 33 heavy (non-hydrogen) atoms. The fraction of sp³-hybridized carbons (Fsp3) is 0.391. The topological polar surface area (TPSA) is 86.8 Å². The predicted molar refractivity (Wildman–Crippen MR) is 119 cm³/mol. The monoisotopic (exact) mass is 477 g/mol. The van der Waals surface area contributed by atoms with Crippen molar-refractivity contribution >= 4 is 33.2 Å². The standard InChI is InChI=1S/C23H25F2N3O4S/c1-14-11-17-12-19(4-6-22(17)28(14)15(2)29)33(31,32)27-9-7-16(8-10-27)23(30)26-21-5-3-18(24)13-20(21)25/h3-6,12-14,16H,7-11H2,1-2H3,(H,26,30)/t14-/m0/s1. The summed E-state index contributed by atoms with van der Waals surface area (Å²) in [5.74, 6) is -2.59. The molecular weight excluding hydrogens is 452 g/mol. The molecule has 0 bridgehead atoms. The van der Waals surface area contributed by atoms with E-state index in [0.29, 0.717) is 12.5 Å². The molecule has 0 unspecified atom stereocenters. The summed E-state index contributed by atoms with van der Waals surface area (Å²) in [5, 5.41) is 2.46. The van der Waals surface area contributed by atoms with Crippen LogP contribution in [0.2, 0.25) is 0 Å². The molecule has 2 aliphatic rings. The Labute approximate surface area is 191 Å². The summed E-state index contributed by atoms with van der Waals surface area (Å²) < 4.78 is 54.6. The Bertz CT molecular complexity index is 1210. The van der Waals surface area contributed by atoms with Crippen molar-refractivity contribution in [3.63, 3.8) is 0 Å². The van der Waals surface area contributed by atoms with E-state index >= 15 is 0 Å². The highest BCUT2D eigenvalue weighted by Gasteiger charge is 2.34. The van der Waals surface area contributed by atoms with Gasteiger partial charge in [0.1, 0.15) is 11.6 Å². The molecule has 1 saturated heterocycles.